The van der Waals surface area contributed by atoms with Gasteiger partial charge in [-0.25, -0.2) is 4.79 Å². The van der Waals surface area contributed by atoms with Gasteiger partial charge in [0.05, 0.1) is 17.5 Å². The van der Waals surface area contributed by atoms with Crippen LogP contribution >= 0.6 is 0 Å². The van der Waals surface area contributed by atoms with E-state index in [1.807, 2.05) is 11.0 Å². The molecule has 1 N–H and O–H groups in total. The number of amides is 1. The first-order chi connectivity index (χ1) is 10.7. The monoisotopic (exact) mass is 300 g/mol. The minimum atomic E-state index is -0.940. The standard InChI is InChI=1S/C16H16N2O4/c19-15(14-6-3-11-22-14)18-9-7-17(8-10-18)13-5-2-1-4-12(13)16(20)21/h1-6,11H,7-10H2,(H,20,21). The lowest BCUT2D eigenvalue weighted by Gasteiger charge is -2.36. The first-order valence-electron chi connectivity index (χ1n) is 7.07. The summed E-state index contributed by atoms with van der Waals surface area (Å²) in [4.78, 5) is 27.2. The van der Waals surface area contributed by atoms with E-state index in [4.69, 9.17) is 4.42 Å². The number of benzene rings is 1. The van der Waals surface area contributed by atoms with Gasteiger partial charge in [0, 0.05) is 26.2 Å². The summed E-state index contributed by atoms with van der Waals surface area (Å²) in [6.07, 6.45) is 1.48. The van der Waals surface area contributed by atoms with Gasteiger partial charge in [0.1, 0.15) is 0 Å². The summed E-state index contributed by atoms with van der Waals surface area (Å²) in [5.74, 6) is -0.736. The summed E-state index contributed by atoms with van der Waals surface area (Å²) in [5, 5.41) is 9.26. The second kappa shape index (κ2) is 5.93. The molecule has 22 heavy (non-hydrogen) atoms. The molecule has 1 amide bonds. The summed E-state index contributed by atoms with van der Waals surface area (Å²) in [5.41, 5.74) is 0.980. The number of hydrogen-bond acceptors (Lipinski definition) is 4. The van der Waals surface area contributed by atoms with Crippen LogP contribution in [0.3, 0.4) is 0 Å². The number of carboxylic acid groups (broad SMARTS) is 1. The third-order valence-corrected chi connectivity index (χ3v) is 3.77. The third kappa shape index (κ3) is 2.67. The highest BCUT2D eigenvalue weighted by Crippen LogP contribution is 2.22. The number of carbonyl (C=O) groups is 2. The van der Waals surface area contributed by atoms with Gasteiger partial charge in [-0.3, -0.25) is 4.79 Å². The lowest BCUT2D eigenvalue weighted by molar-refractivity contribution is 0.0688. The van der Waals surface area contributed by atoms with Crippen molar-refractivity contribution < 1.29 is 19.1 Å². The van der Waals surface area contributed by atoms with E-state index in [0.717, 1.165) is 0 Å². The van der Waals surface area contributed by atoms with E-state index in [9.17, 15) is 14.7 Å². The predicted octanol–water partition coefficient (Wildman–Crippen LogP) is 1.94. The highest BCUT2D eigenvalue weighted by atomic mass is 16.4. The number of carbonyl (C=O) groups excluding carboxylic acids is 1. The van der Waals surface area contributed by atoms with Crippen LogP contribution in [0.4, 0.5) is 5.69 Å². The summed E-state index contributed by atoms with van der Waals surface area (Å²) in [7, 11) is 0. The Hall–Kier alpha value is -2.76. The molecule has 6 nitrogen and oxygen atoms in total. The maximum absolute atomic E-state index is 12.2. The Kier molecular flexibility index (Phi) is 3.82. The molecule has 6 heteroatoms. The van der Waals surface area contributed by atoms with Crippen molar-refractivity contribution in [1.82, 2.24) is 4.90 Å². The highest BCUT2D eigenvalue weighted by molar-refractivity contribution is 5.94. The van der Waals surface area contributed by atoms with Crippen molar-refractivity contribution in [2.75, 3.05) is 31.1 Å². The van der Waals surface area contributed by atoms with Crippen molar-refractivity contribution in [3.63, 3.8) is 0 Å². The van der Waals surface area contributed by atoms with Crippen LogP contribution in [0.1, 0.15) is 20.9 Å². The van der Waals surface area contributed by atoms with Gasteiger partial charge in [0.25, 0.3) is 5.91 Å². The zero-order valence-corrected chi connectivity index (χ0v) is 11.9. The van der Waals surface area contributed by atoms with Gasteiger partial charge in [-0.05, 0) is 24.3 Å². The van der Waals surface area contributed by atoms with Gasteiger partial charge in [-0.15, -0.1) is 0 Å². The van der Waals surface area contributed by atoms with E-state index in [-0.39, 0.29) is 11.5 Å². The number of furan rings is 1. The highest BCUT2D eigenvalue weighted by Gasteiger charge is 2.25. The minimum absolute atomic E-state index is 0.129. The molecule has 3 rings (SSSR count). The molecule has 0 atom stereocenters. The summed E-state index contributed by atoms with van der Waals surface area (Å²) < 4.78 is 5.13. The van der Waals surface area contributed by atoms with Crippen LogP contribution in [0.2, 0.25) is 0 Å². The molecule has 1 aromatic carbocycles. The van der Waals surface area contributed by atoms with Crippen LogP contribution in [-0.2, 0) is 0 Å². The minimum Gasteiger partial charge on any atom is -0.478 e. The largest absolute Gasteiger partial charge is 0.478 e. The lowest BCUT2D eigenvalue weighted by atomic mass is 10.1. The molecule has 0 radical (unpaired) electrons. The smallest absolute Gasteiger partial charge is 0.337 e. The van der Waals surface area contributed by atoms with Crippen molar-refractivity contribution in [1.29, 1.82) is 0 Å². The lowest BCUT2D eigenvalue weighted by Crippen LogP contribution is -2.49. The molecule has 114 valence electrons. The van der Waals surface area contributed by atoms with Gasteiger partial charge in [0.2, 0.25) is 0 Å². The molecule has 0 saturated carbocycles. The van der Waals surface area contributed by atoms with Crippen LogP contribution in [0.5, 0.6) is 0 Å². The van der Waals surface area contributed by atoms with Crippen molar-refractivity contribution in [2.24, 2.45) is 0 Å². The molecule has 2 aromatic rings. The van der Waals surface area contributed by atoms with Crippen molar-refractivity contribution in [2.45, 2.75) is 0 Å². The Bertz CT molecular complexity index is 673. The molecule has 2 heterocycles. The molecule has 0 aliphatic carbocycles. The first kappa shape index (κ1) is 14.2. The summed E-state index contributed by atoms with van der Waals surface area (Å²) in [6, 6.07) is 10.3. The zero-order chi connectivity index (χ0) is 15.5. The third-order valence-electron chi connectivity index (χ3n) is 3.77. The zero-order valence-electron chi connectivity index (χ0n) is 11.9. The summed E-state index contributed by atoms with van der Waals surface area (Å²) >= 11 is 0. The number of carboxylic acids is 1. The molecule has 0 spiro atoms. The fourth-order valence-electron chi connectivity index (χ4n) is 2.64. The Morgan fingerprint density at radius 2 is 1.73 bits per heavy atom. The Morgan fingerprint density at radius 3 is 2.36 bits per heavy atom. The predicted molar refractivity (Wildman–Crippen MR) is 80.2 cm³/mol. The van der Waals surface area contributed by atoms with Crippen LogP contribution in [0.25, 0.3) is 0 Å². The molecule has 0 bridgehead atoms. The second-order valence-electron chi connectivity index (χ2n) is 5.08. The van der Waals surface area contributed by atoms with E-state index >= 15 is 0 Å². The van der Waals surface area contributed by atoms with Crippen LogP contribution in [0, 0.1) is 0 Å². The molecule has 1 aliphatic heterocycles. The average molecular weight is 300 g/mol. The van der Waals surface area contributed by atoms with Crippen molar-refractivity contribution >= 4 is 17.6 Å². The van der Waals surface area contributed by atoms with E-state index in [0.29, 0.717) is 37.6 Å². The topological polar surface area (TPSA) is 74.0 Å². The van der Waals surface area contributed by atoms with Gasteiger partial charge in [-0.1, -0.05) is 12.1 Å². The molecular formula is C16H16N2O4. The Balaban J connectivity index is 1.70. The fourth-order valence-corrected chi connectivity index (χ4v) is 2.64. The quantitative estimate of drug-likeness (QED) is 0.937. The molecular weight excluding hydrogens is 284 g/mol. The maximum atomic E-state index is 12.2. The van der Waals surface area contributed by atoms with Crippen LogP contribution in [0.15, 0.2) is 47.1 Å². The number of rotatable bonds is 3. The Labute approximate surface area is 127 Å². The van der Waals surface area contributed by atoms with E-state index in [1.54, 1.807) is 35.2 Å². The number of piperazine rings is 1. The van der Waals surface area contributed by atoms with Crippen LogP contribution in [-0.4, -0.2) is 48.1 Å². The SMILES string of the molecule is O=C(O)c1ccccc1N1CCN(C(=O)c2ccco2)CC1. The van der Waals surface area contributed by atoms with Gasteiger partial charge in [0.15, 0.2) is 5.76 Å². The molecule has 1 aromatic heterocycles. The van der Waals surface area contributed by atoms with E-state index < -0.39 is 5.97 Å². The molecule has 1 fully saturated rings. The molecule has 1 aliphatic rings. The van der Waals surface area contributed by atoms with Gasteiger partial charge < -0.3 is 19.3 Å². The first-order valence-corrected chi connectivity index (χ1v) is 7.07. The normalized spacial score (nSPS) is 14.9. The second-order valence-corrected chi connectivity index (χ2v) is 5.08. The Morgan fingerprint density at radius 1 is 1.00 bits per heavy atom. The summed E-state index contributed by atoms with van der Waals surface area (Å²) in [6.45, 7) is 2.26. The van der Waals surface area contributed by atoms with E-state index in [1.165, 1.54) is 6.26 Å². The number of aromatic carboxylic acids is 1. The number of para-hydroxylation sites is 1. The number of hydrogen-bond donors (Lipinski definition) is 1. The van der Waals surface area contributed by atoms with Gasteiger partial charge >= 0.3 is 5.97 Å². The van der Waals surface area contributed by atoms with E-state index in [2.05, 4.69) is 0 Å². The number of nitrogens with zero attached hydrogens (tertiary/aromatic N) is 2. The van der Waals surface area contributed by atoms with Crippen molar-refractivity contribution in [3.8, 4) is 0 Å². The molecule has 0 unspecified atom stereocenters. The number of anilines is 1. The molecule has 1 saturated heterocycles. The van der Waals surface area contributed by atoms with Crippen molar-refractivity contribution in [3.05, 3.63) is 54.0 Å². The van der Waals surface area contributed by atoms with Gasteiger partial charge in [-0.2, -0.15) is 0 Å². The maximum Gasteiger partial charge on any atom is 0.337 e. The van der Waals surface area contributed by atoms with Crippen LogP contribution < -0.4 is 4.90 Å². The fraction of sp³-hybridized carbons (Fsp3) is 0.250. The average Bonchev–Trinajstić information content (AvgIpc) is 3.09.